The zero-order valence-electron chi connectivity index (χ0n) is 11.1. The summed E-state index contributed by atoms with van der Waals surface area (Å²) >= 11 is 0. The van der Waals surface area contributed by atoms with Crippen LogP contribution < -0.4 is 5.32 Å². The van der Waals surface area contributed by atoms with Crippen molar-refractivity contribution in [3.63, 3.8) is 0 Å². The number of aromatic hydroxyl groups is 1. The zero-order chi connectivity index (χ0) is 14.6. The number of phenols is 1. The summed E-state index contributed by atoms with van der Waals surface area (Å²) in [5.41, 5.74) is -0.469. The number of amides is 1. The first-order valence-corrected chi connectivity index (χ1v) is 5.75. The van der Waals surface area contributed by atoms with Crippen LogP contribution in [0.4, 0.5) is 5.69 Å². The molecular weight excluding hydrogens is 250 g/mol. The predicted molar refractivity (Wildman–Crippen MR) is 70.2 cm³/mol. The maximum atomic E-state index is 11.9. The van der Waals surface area contributed by atoms with Crippen LogP contribution in [-0.4, -0.2) is 47.5 Å². The van der Waals surface area contributed by atoms with Gasteiger partial charge in [0.2, 0.25) is 0 Å². The Morgan fingerprint density at radius 2 is 2.16 bits per heavy atom. The molecule has 0 aliphatic rings. The smallest absolute Gasteiger partial charge is 0.282 e. The molecule has 1 unspecified atom stereocenters. The van der Waals surface area contributed by atoms with E-state index in [4.69, 9.17) is 0 Å². The number of rotatable bonds is 5. The van der Waals surface area contributed by atoms with E-state index in [9.17, 15) is 20.0 Å². The van der Waals surface area contributed by atoms with Crippen molar-refractivity contribution < 1.29 is 14.8 Å². The van der Waals surface area contributed by atoms with Gasteiger partial charge in [0.05, 0.1) is 4.92 Å². The standard InChI is InChI=1S/C12H17N3O4/c1-8(14(2)3)7-13-12(17)10-6-9(16)4-5-11(10)15(18)19/h4-6,8,16H,7H2,1-3H3,(H,13,17). The van der Waals surface area contributed by atoms with Crippen molar-refractivity contribution in [2.24, 2.45) is 0 Å². The van der Waals surface area contributed by atoms with Crippen molar-refractivity contribution in [1.29, 1.82) is 0 Å². The van der Waals surface area contributed by atoms with Crippen molar-refractivity contribution in [2.75, 3.05) is 20.6 Å². The molecule has 1 aromatic carbocycles. The van der Waals surface area contributed by atoms with Crippen LogP contribution in [0.2, 0.25) is 0 Å². The number of carbonyl (C=O) groups is 1. The van der Waals surface area contributed by atoms with Gasteiger partial charge in [0.25, 0.3) is 11.6 Å². The van der Waals surface area contributed by atoms with Crippen molar-refractivity contribution in [2.45, 2.75) is 13.0 Å². The quantitative estimate of drug-likeness (QED) is 0.612. The third-order valence-corrected chi connectivity index (χ3v) is 2.86. The number of likely N-dealkylation sites (N-methyl/N-ethyl adjacent to an activating group) is 1. The Balaban J connectivity index is 2.87. The van der Waals surface area contributed by atoms with Gasteiger partial charge in [-0.1, -0.05) is 0 Å². The molecule has 1 rings (SSSR count). The van der Waals surface area contributed by atoms with E-state index in [0.717, 1.165) is 12.1 Å². The number of nitro benzene ring substituents is 1. The van der Waals surface area contributed by atoms with Gasteiger partial charge in [0.1, 0.15) is 11.3 Å². The van der Waals surface area contributed by atoms with Crippen molar-refractivity contribution in [1.82, 2.24) is 10.2 Å². The van der Waals surface area contributed by atoms with E-state index in [1.807, 2.05) is 25.9 Å². The lowest BCUT2D eigenvalue weighted by Crippen LogP contribution is -2.38. The number of nitrogens with zero attached hydrogens (tertiary/aromatic N) is 2. The van der Waals surface area contributed by atoms with Gasteiger partial charge >= 0.3 is 0 Å². The highest BCUT2D eigenvalue weighted by Gasteiger charge is 2.21. The molecule has 7 heteroatoms. The lowest BCUT2D eigenvalue weighted by molar-refractivity contribution is -0.385. The van der Waals surface area contributed by atoms with E-state index in [1.165, 1.54) is 6.07 Å². The molecule has 0 heterocycles. The van der Waals surface area contributed by atoms with Crippen LogP contribution in [0.25, 0.3) is 0 Å². The number of carbonyl (C=O) groups excluding carboxylic acids is 1. The summed E-state index contributed by atoms with van der Waals surface area (Å²) in [6.45, 7) is 2.27. The fraction of sp³-hybridized carbons (Fsp3) is 0.417. The average molecular weight is 267 g/mol. The van der Waals surface area contributed by atoms with E-state index >= 15 is 0 Å². The highest BCUT2D eigenvalue weighted by Crippen LogP contribution is 2.23. The second kappa shape index (κ2) is 6.14. The van der Waals surface area contributed by atoms with Crippen LogP contribution in [0.15, 0.2) is 18.2 Å². The van der Waals surface area contributed by atoms with Gasteiger partial charge in [-0.2, -0.15) is 0 Å². The Bertz CT molecular complexity index is 488. The molecule has 0 spiro atoms. The minimum atomic E-state index is -0.649. The molecule has 7 nitrogen and oxygen atoms in total. The first-order valence-electron chi connectivity index (χ1n) is 5.75. The molecule has 0 aliphatic carbocycles. The van der Waals surface area contributed by atoms with E-state index in [-0.39, 0.29) is 23.0 Å². The minimum absolute atomic E-state index is 0.0975. The zero-order valence-corrected chi connectivity index (χ0v) is 11.1. The molecule has 0 saturated heterocycles. The lowest BCUT2D eigenvalue weighted by atomic mass is 10.1. The Hall–Kier alpha value is -2.15. The summed E-state index contributed by atoms with van der Waals surface area (Å²) in [6, 6.07) is 3.48. The Morgan fingerprint density at radius 3 is 2.68 bits per heavy atom. The molecule has 1 atom stereocenters. The molecule has 0 fully saturated rings. The Morgan fingerprint density at radius 1 is 1.53 bits per heavy atom. The average Bonchev–Trinajstić information content (AvgIpc) is 2.34. The van der Waals surface area contributed by atoms with Gasteiger partial charge in [-0.05, 0) is 33.2 Å². The van der Waals surface area contributed by atoms with Gasteiger partial charge in [0, 0.05) is 18.7 Å². The van der Waals surface area contributed by atoms with Crippen molar-refractivity contribution >= 4 is 11.6 Å². The molecule has 1 aromatic rings. The summed E-state index contributed by atoms with van der Waals surface area (Å²) < 4.78 is 0. The SMILES string of the molecule is CC(CNC(=O)c1cc(O)ccc1[N+](=O)[O-])N(C)C. The molecule has 0 aliphatic heterocycles. The van der Waals surface area contributed by atoms with Crippen molar-refractivity contribution in [3.05, 3.63) is 33.9 Å². The van der Waals surface area contributed by atoms with Crippen LogP contribution in [0.1, 0.15) is 17.3 Å². The highest BCUT2D eigenvalue weighted by atomic mass is 16.6. The molecule has 0 saturated carbocycles. The van der Waals surface area contributed by atoms with Crippen LogP contribution in [0.3, 0.4) is 0 Å². The van der Waals surface area contributed by atoms with Crippen LogP contribution in [-0.2, 0) is 0 Å². The second-order valence-electron chi connectivity index (χ2n) is 4.48. The Labute approximate surface area is 111 Å². The number of hydrogen-bond donors (Lipinski definition) is 2. The van der Waals surface area contributed by atoms with Gasteiger partial charge in [-0.25, -0.2) is 0 Å². The van der Waals surface area contributed by atoms with E-state index in [0.29, 0.717) is 6.54 Å². The van der Waals surface area contributed by atoms with Gasteiger partial charge in [-0.3, -0.25) is 14.9 Å². The summed E-state index contributed by atoms with van der Waals surface area (Å²) in [7, 11) is 3.74. The van der Waals surface area contributed by atoms with Gasteiger partial charge in [-0.15, -0.1) is 0 Å². The first-order chi connectivity index (χ1) is 8.82. The number of benzene rings is 1. The number of hydrogen-bond acceptors (Lipinski definition) is 5. The van der Waals surface area contributed by atoms with E-state index in [1.54, 1.807) is 0 Å². The van der Waals surface area contributed by atoms with Crippen LogP contribution in [0.5, 0.6) is 5.75 Å². The normalized spacial score (nSPS) is 12.2. The molecule has 104 valence electrons. The molecular formula is C12H17N3O4. The van der Waals surface area contributed by atoms with E-state index in [2.05, 4.69) is 5.32 Å². The van der Waals surface area contributed by atoms with Gasteiger partial charge in [0.15, 0.2) is 0 Å². The van der Waals surface area contributed by atoms with E-state index < -0.39 is 10.8 Å². The minimum Gasteiger partial charge on any atom is -0.508 e. The second-order valence-corrected chi connectivity index (χ2v) is 4.48. The Kier molecular flexibility index (Phi) is 4.82. The summed E-state index contributed by atoms with van der Waals surface area (Å²) in [5, 5.41) is 22.7. The molecule has 0 aromatic heterocycles. The number of nitrogens with one attached hydrogen (secondary N) is 1. The third-order valence-electron chi connectivity index (χ3n) is 2.86. The predicted octanol–water partition coefficient (Wildman–Crippen LogP) is 0.980. The summed E-state index contributed by atoms with van der Waals surface area (Å²) in [5.74, 6) is -0.757. The molecule has 0 bridgehead atoms. The molecule has 0 radical (unpaired) electrons. The fourth-order valence-corrected chi connectivity index (χ4v) is 1.38. The largest absolute Gasteiger partial charge is 0.508 e. The fourth-order valence-electron chi connectivity index (χ4n) is 1.38. The topological polar surface area (TPSA) is 95.7 Å². The van der Waals surface area contributed by atoms with Crippen LogP contribution >= 0.6 is 0 Å². The maximum absolute atomic E-state index is 11.9. The molecule has 2 N–H and O–H groups in total. The van der Waals surface area contributed by atoms with Crippen LogP contribution in [0, 0.1) is 10.1 Å². The summed E-state index contributed by atoms with van der Waals surface area (Å²) in [4.78, 5) is 24.0. The third kappa shape index (κ3) is 3.92. The number of nitro groups is 1. The maximum Gasteiger partial charge on any atom is 0.282 e. The lowest BCUT2D eigenvalue weighted by Gasteiger charge is -2.19. The monoisotopic (exact) mass is 267 g/mol. The molecule has 1 amide bonds. The van der Waals surface area contributed by atoms with Crippen molar-refractivity contribution in [3.8, 4) is 5.75 Å². The highest BCUT2D eigenvalue weighted by molar-refractivity contribution is 5.98. The summed E-state index contributed by atoms with van der Waals surface area (Å²) in [6.07, 6.45) is 0. The number of phenolic OH excluding ortho intramolecular Hbond substituents is 1. The molecule has 19 heavy (non-hydrogen) atoms. The van der Waals surface area contributed by atoms with Gasteiger partial charge < -0.3 is 15.3 Å². The first kappa shape index (κ1) is 14.9.